The van der Waals surface area contributed by atoms with Gasteiger partial charge in [-0.05, 0) is 42.0 Å². The van der Waals surface area contributed by atoms with Crippen LogP contribution in [0, 0.1) is 0 Å². The minimum Gasteiger partial charge on any atom is -0.465 e. The van der Waals surface area contributed by atoms with E-state index in [1.165, 1.54) is 7.11 Å². The number of fused-ring (bicyclic) bond motifs is 1. The van der Waals surface area contributed by atoms with Crippen LogP contribution >= 0.6 is 11.6 Å². The highest BCUT2D eigenvalue weighted by Crippen LogP contribution is 2.20. The van der Waals surface area contributed by atoms with Crippen LogP contribution in [0.25, 0.3) is 10.9 Å². The fraction of sp³-hybridized carbons (Fsp3) is 0.111. The lowest BCUT2D eigenvalue weighted by molar-refractivity contribution is 0.0600. The van der Waals surface area contributed by atoms with Gasteiger partial charge in [0.05, 0.1) is 12.7 Å². The molecular formula is C18H15ClN2O3. The maximum atomic E-state index is 12.2. The van der Waals surface area contributed by atoms with Crippen molar-refractivity contribution in [1.82, 2.24) is 10.3 Å². The fourth-order valence-corrected chi connectivity index (χ4v) is 2.56. The summed E-state index contributed by atoms with van der Waals surface area (Å²) in [6, 6.07) is 14.0. The van der Waals surface area contributed by atoms with Crippen molar-refractivity contribution in [3.05, 3.63) is 70.4 Å². The minimum absolute atomic E-state index is 0.209. The zero-order chi connectivity index (χ0) is 17.1. The van der Waals surface area contributed by atoms with Gasteiger partial charge in [0.1, 0.15) is 5.69 Å². The Kier molecular flexibility index (Phi) is 4.53. The molecule has 2 N–H and O–H groups in total. The van der Waals surface area contributed by atoms with E-state index in [0.29, 0.717) is 22.8 Å². The Balaban J connectivity index is 1.67. The van der Waals surface area contributed by atoms with Crippen LogP contribution in [0.3, 0.4) is 0 Å². The number of H-pyrrole nitrogens is 1. The molecule has 0 bridgehead atoms. The van der Waals surface area contributed by atoms with Crippen LogP contribution in [0.15, 0.2) is 48.5 Å². The van der Waals surface area contributed by atoms with Gasteiger partial charge in [0.2, 0.25) is 0 Å². The number of hydrogen-bond acceptors (Lipinski definition) is 3. The normalized spacial score (nSPS) is 10.6. The fourth-order valence-electron chi connectivity index (χ4n) is 2.38. The minimum atomic E-state index is -0.387. The maximum absolute atomic E-state index is 12.2. The summed E-state index contributed by atoms with van der Waals surface area (Å²) in [6.45, 7) is 0.358. The smallest absolute Gasteiger partial charge is 0.337 e. The number of esters is 1. The van der Waals surface area contributed by atoms with Crippen molar-refractivity contribution in [3.63, 3.8) is 0 Å². The molecule has 0 fully saturated rings. The first-order valence-electron chi connectivity index (χ1n) is 7.30. The van der Waals surface area contributed by atoms with Gasteiger partial charge in [0.25, 0.3) is 5.91 Å². The summed E-state index contributed by atoms with van der Waals surface area (Å²) in [5, 5.41) is 4.34. The maximum Gasteiger partial charge on any atom is 0.337 e. The lowest BCUT2D eigenvalue weighted by Crippen LogP contribution is -2.23. The van der Waals surface area contributed by atoms with Gasteiger partial charge in [0, 0.05) is 22.5 Å². The molecule has 0 atom stereocenters. The Bertz CT molecular complexity index is 900. The molecule has 0 spiro atoms. The van der Waals surface area contributed by atoms with Crippen molar-refractivity contribution in [2.75, 3.05) is 7.11 Å². The molecule has 1 amide bonds. The van der Waals surface area contributed by atoms with Crippen molar-refractivity contribution in [1.29, 1.82) is 0 Å². The van der Waals surface area contributed by atoms with E-state index in [-0.39, 0.29) is 11.9 Å². The summed E-state index contributed by atoms with van der Waals surface area (Å²) in [4.78, 5) is 26.7. The molecule has 2 aromatic carbocycles. The van der Waals surface area contributed by atoms with Gasteiger partial charge in [-0.1, -0.05) is 23.7 Å². The highest BCUT2D eigenvalue weighted by atomic mass is 35.5. The highest BCUT2D eigenvalue weighted by molar-refractivity contribution is 6.31. The van der Waals surface area contributed by atoms with Gasteiger partial charge >= 0.3 is 5.97 Å². The predicted octanol–water partition coefficient (Wildman–Crippen LogP) is 3.54. The van der Waals surface area contributed by atoms with Crippen LogP contribution in [-0.4, -0.2) is 24.0 Å². The zero-order valence-corrected chi connectivity index (χ0v) is 13.7. The summed E-state index contributed by atoms with van der Waals surface area (Å²) in [5.41, 5.74) is 2.68. The first kappa shape index (κ1) is 16.1. The molecule has 1 aromatic heterocycles. The van der Waals surface area contributed by atoms with E-state index < -0.39 is 0 Å². The number of carbonyl (C=O) groups is 2. The lowest BCUT2D eigenvalue weighted by atomic mass is 10.1. The number of aromatic amines is 1. The van der Waals surface area contributed by atoms with Crippen molar-refractivity contribution in [3.8, 4) is 0 Å². The number of benzene rings is 2. The number of ether oxygens (including phenoxy) is 1. The summed E-state index contributed by atoms with van der Waals surface area (Å²) in [6.07, 6.45) is 0. The standard InChI is InChI=1S/C18H15ClN2O3/c1-24-18(23)12-4-2-11(3-5-12)10-20-17(22)16-9-13-8-14(19)6-7-15(13)21-16/h2-9,21H,10H2,1H3,(H,20,22). The van der Waals surface area contributed by atoms with E-state index in [9.17, 15) is 9.59 Å². The van der Waals surface area contributed by atoms with Crippen LogP contribution < -0.4 is 5.32 Å². The molecule has 3 rings (SSSR count). The molecule has 3 aromatic rings. The number of rotatable bonds is 4. The topological polar surface area (TPSA) is 71.2 Å². The summed E-state index contributed by atoms with van der Waals surface area (Å²) < 4.78 is 4.65. The molecule has 0 aliphatic carbocycles. The van der Waals surface area contributed by atoms with Gasteiger partial charge in [-0.15, -0.1) is 0 Å². The number of aromatic nitrogens is 1. The molecule has 0 aliphatic rings. The average molecular weight is 343 g/mol. The molecule has 0 saturated heterocycles. The van der Waals surface area contributed by atoms with Gasteiger partial charge in [-0.2, -0.15) is 0 Å². The van der Waals surface area contributed by atoms with Gasteiger partial charge < -0.3 is 15.0 Å². The van der Waals surface area contributed by atoms with Crippen molar-refractivity contribution >= 4 is 34.4 Å². The Hall–Kier alpha value is -2.79. The highest BCUT2D eigenvalue weighted by Gasteiger charge is 2.10. The van der Waals surface area contributed by atoms with E-state index in [1.807, 2.05) is 6.07 Å². The molecule has 24 heavy (non-hydrogen) atoms. The number of nitrogens with one attached hydrogen (secondary N) is 2. The quantitative estimate of drug-likeness (QED) is 0.712. The molecule has 0 saturated carbocycles. The largest absolute Gasteiger partial charge is 0.465 e. The second kappa shape index (κ2) is 6.76. The number of methoxy groups -OCH3 is 1. The monoisotopic (exact) mass is 342 g/mol. The van der Waals surface area contributed by atoms with Crippen LogP contribution in [0.2, 0.25) is 5.02 Å². The van der Waals surface area contributed by atoms with E-state index in [2.05, 4.69) is 15.0 Å². The molecule has 6 heteroatoms. The number of halogens is 1. The number of hydrogen-bond donors (Lipinski definition) is 2. The second-order valence-corrected chi connectivity index (χ2v) is 5.72. The van der Waals surface area contributed by atoms with E-state index in [1.54, 1.807) is 42.5 Å². The third kappa shape index (κ3) is 3.41. The molecular weight excluding hydrogens is 328 g/mol. The Morgan fingerprint density at radius 2 is 1.88 bits per heavy atom. The molecule has 122 valence electrons. The first-order chi connectivity index (χ1) is 11.6. The molecule has 0 unspecified atom stereocenters. The zero-order valence-electron chi connectivity index (χ0n) is 12.9. The third-order valence-electron chi connectivity index (χ3n) is 3.66. The first-order valence-corrected chi connectivity index (χ1v) is 7.68. The second-order valence-electron chi connectivity index (χ2n) is 5.29. The molecule has 1 heterocycles. The van der Waals surface area contributed by atoms with Crippen LogP contribution in [0.1, 0.15) is 26.4 Å². The van der Waals surface area contributed by atoms with Crippen molar-refractivity contribution in [2.45, 2.75) is 6.54 Å². The van der Waals surface area contributed by atoms with Gasteiger partial charge in [-0.3, -0.25) is 4.79 Å². The van der Waals surface area contributed by atoms with E-state index in [4.69, 9.17) is 11.6 Å². The predicted molar refractivity (Wildman–Crippen MR) is 92.3 cm³/mol. The molecule has 5 nitrogen and oxygen atoms in total. The SMILES string of the molecule is COC(=O)c1ccc(CNC(=O)c2cc3cc(Cl)ccc3[nH]2)cc1. The average Bonchev–Trinajstić information content (AvgIpc) is 3.02. The van der Waals surface area contributed by atoms with Crippen LogP contribution in [0.4, 0.5) is 0 Å². The van der Waals surface area contributed by atoms with Crippen molar-refractivity contribution < 1.29 is 14.3 Å². The lowest BCUT2D eigenvalue weighted by Gasteiger charge is -2.05. The molecule has 0 radical (unpaired) electrons. The Morgan fingerprint density at radius 1 is 1.12 bits per heavy atom. The summed E-state index contributed by atoms with van der Waals surface area (Å²) in [7, 11) is 1.34. The van der Waals surface area contributed by atoms with Crippen molar-refractivity contribution in [2.24, 2.45) is 0 Å². The summed E-state index contributed by atoms with van der Waals surface area (Å²) in [5.74, 6) is -0.596. The molecule has 0 aliphatic heterocycles. The number of amides is 1. The summed E-state index contributed by atoms with van der Waals surface area (Å²) >= 11 is 5.95. The van der Waals surface area contributed by atoms with Gasteiger partial charge in [0.15, 0.2) is 0 Å². The Morgan fingerprint density at radius 3 is 2.58 bits per heavy atom. The van der Waals surface area contributed by atoms with Crippen LogP contribution in [-0.2, 0) is 11.3 Å². The van der Waals surface area contributed by atoms with E-state index >= 15 is 0 Å². The Labute approximate surface area is 143 Å². The third-order valence-corrected chi connectivity index (χ3v) is 3.89. The van der Waals surface area contributed by atoms with Crippen LogP contribution in [0.5, 0.6) is 0 Å². The van der Waals surface area contributed by atoms with Gasteiger partial charge in [-0.25, -0.2) is 4.79 Å². The van der Waals surface area contributed by atoms with E-state index in [0.717, 1.165) is 16.5 Å². The number of carbonyl (C=O) groups excluding carboxylic acids is 2.